The Morgan fingerprint density at radius 3 is 2.88 bits per heavy atom. The van der Waals surface area contributed by atoms with E-state index in [-0.39, 0.29) is 0 Å². The number of hydrogen-bond donors (Lipinski definition) is 1. The molecule has 0 aliphatic rings. The van der Waals surface area contributed by atoms with Gasteiger partial charge in [0, 0.05) is 12.0 Å². The first kappa shape index (κ1) is 12.1. The quantitative estimate of drug-likeness (QED) is 0.271. The molecule has 0 amide bonds. The predicted octanol–water partition coefficient (Wildman–Crippen LogP) is 2.68. The van der Waals surface area contributed by atoms with Gasteiger partial charge in [0.2, 0.25) is 0 Å². The molecule has 0 spiro atoms. The Kier molecular flexibility index (Phi) is 4.94. The number of hydrogen-bond acceptors (Lipinski definition) is 3. The van der Waals surface area contributed by atoms with Gasteiger partial charge in [-0.3, -0.25) is 0 Å². The van der Waals surface area contributed by atoms with Crippen molar-refractivity contribution >= 4 is 5.71 Å². The van der Waals surface area contributed by atoms with Crippen LogP contribution >= 0.6 is 0 Å². The van der Waals surface area contributed by atoms with E-state index in [1.807, 2.05) is 31.2 Å². The van der Waals surface area contributed by atoms with E-state index in [9.17, 15) is 0 Å². The van der Waals surface area contributed by atoms with Gasteiger partial charge in [-0.15, -0.1) is 12.3 Å². The van der Waals surface area contributed by atoms with Crippen LogP contribution in [0.4, 0.5) is 0 Å². The maximum atomic E-state index is 8.88. The van der Waals surface area contributed by atoms with Gasteiger partial charge >= 0.3 is 0 Å². The van der Waals surface area contributed by atoms with Crippen LogP contribution in [0.2, 0.25) is 0 Å². The summed E-state index contributed by atoms with van der Waals surface area (Å²) >= 11 is 0. The molecular formula is C13H15NO2. The van der Waals surface area contributed by atoms with Crippen LogP contribution in [0.5, 0.6) is 5.75 Å². The lowest BCUT2D eigenvalue weighted by molar-refractivity contribution is 0.315. The van der Waals surface area contributed by atoms with Crippen molar-refractivity contribution in [1.29, 1.82) is 0 Å². The third-order valence-electron chi connectivity index (χ3n) is 2.16. The standard InChI is InChI=1S/C13H15NO2/c1-3-5-10-16-13-9-7-6-8-11(13)12(4-2)14-15/h1,6-9,15H,4-5,10H2,2H3/b14-12+. The second-order valence-corrected chi connectivity index (χ2v) is 3.20. The van der Waals surface area contributed by atoms with Gasteiger partial charge in [0.05, 0.1) is 12.3 Å². The SMILES string of the molecule is C#CCCOc1ccccc1/C(CC)=N/O. The summed E-state index contributed by atoms with van der Waals surface area (Å²) in [7, 11) is 0. The van der Waals surface area contributed by atoms with E-state index in [2.05, 4.69) is 11.1 Å². The Morgan fingerprint density at radius 1 is 1.50 bits per heavy atom. The summed E-state index contributed by atoms with van der Waals surface area (Å²) in [4.78, 5) is 0. The highest BCUT2D eigenvalue weighted by atomic mass is 16.5. The molecule has 0 aliphatic carbocycles. The Bertz CT molecular complexity index is 405. The molecule has 0 fully saturated rings. The molecule has 0 bridgehead atoms. The summed E-state index contributed by atoms with van der Waals surface area (Å²) in [6.45, 7) is 2.39. The third-order valence-corrected chi connectivity index (χ3v) is 2.16. The van der Waals surface area contributed by atoms with Crippen molar-refractivity contribution in [1.82, 2.24) is 0 Å². The van der Waals surface area contributed by atoms with Gasteiger partial charge in [0.1, 0.15) is 5.75 Å². The lowest BCUT2D eigenvalue weighted by Crippen LogP contribution is -2.05. The van der Waals surface area contributed by atoms with Gasteiger partial charge in [0.15, 0.2) is 0 Å². The number of para-hydroxylation sites is 1. The van der Waals surface area contributed by atoms with Crippen LogP contribution in [0.25, 0.3) is 0 Å². The second kappa shape index (κ2) is 6.52. The van der Waals surface area contributed by atoms with Crippen molar-refractivity contribution in [2.45, 2.75) is 19.8 Å². The minimum absolute atomic E-state index is 0.468. The van der Waals surface area contributed by atoms with E-state index < -0.39 is 0 Å². The lowest BCUT2D eigenvalue weighted by Gasteiger charge is -2.10. The van der Waals surface area contributed by atoms with Crippen LogP contribution in [-0.2, 0) is 0 Å². The highest BCUT2D eigenvalue weighted by Crippen LogP contribution is 2.20. The van der Waals surface area contributed by atoms with E-state index in [1.165, 1.54) is 0 Å². The lowest BCUT2D eigenvalue weighted by atomic mass is 10.1. The van der Waals surface area contributed by atoms with Crippen LogP contribution in [0.3, 0.4) is 0 Å². The number of rotatable bonds is 5. The summed E-state index contributed by atoms with van der Waals surface area (Å²) < 4.78 is 5.53. The summed E-state index contributed by atoms with van der Waals surface area (Å²) in [6, 6.07) is 7.46. The topological polar surface area (TPSA) is 41.8 Å². The maximum absolute atomic E-state index is 8.88. The molecule has 0 atom stereocenters. The second-order valence-electron chi connectivity index (χ2n) is 3.20. The zero-order valence-electron chi connectivity index (χ0n) is 9.31. The van der Waals surface area contributed by atoms with Crippen LogP contribution in [-0.4, -0.2) is 17.5 Å². The van der Waals surface area contributed by atoms with Crippen molar-refractivity contribution in [3.63, 3.8) is 0 Å². The fraction of sp³-hybridized carbons (Fsp3) is 0.308. The molecule has 0 unspecified atom stereocenters. The largest absolute Gasteiger partial charge is 0.492 e. The van der Waals surface area contributed by atoms with Crippen LogP contribution in [0, 0.1) is 12.3 Å². The predicted molar refractivity (Wildman–Crippen MR) is 64.0 cm³/mol. The molecule has 0 saturated heterocycles. The number of benzene rings is 1. The third kappa shape index (κ3) is 3.03. The maximum Gasteiger partial charge on any atom is 0.128 e. The van der Waals surface area contributed by atoms with Gasteiger partial charge in [-0.25, -0.2) is 0 Å². The minimum atomic E-state index is 0.468. The monoisotopic (exact) mass is 217 g/mol. The molecule has 3 heteroatoms. The summed E-state index contributed by atoms with van der Waals surface area (Å²) in [5.74, 6) is 3.21. The molecular weight excluding hydrogens is 202 g/mol. The van der Waals surface area contributed by atoms with E-state index in [1.54, 1.807) is 0 Å². The van der Waals surface area contributed by atoms with Gasteiger partial charge in [-0.05, 0) is 18.6 Å². The molecule has 0 radical (unpaired) electrons. The molecule has 0 aromatic heterocycles. The average Bonchev–Trinajstić information content (AvgIpc) is 2.33. The van der Waals surface area contributed by atoms with Gasteiger partial charge in [0.25, 0.3) is 0 Å². The Balaban J connectivity index is 2.88. The first-order chi connectivity index (χ1) is 7.83. The number of terminal acetylenes is 1. The first-order valence-electron chi connectivity index (χ1n) is 5.20. The molecule has 84 valence electrons. The average molecular weight is 217 g/mol. The Morgan fingerprint density at radius 2 is 2.25 bits per heavy atom. The molecule has 0 aliphatic heterocycles. The first-order valence-corrected chi connectivity index (χ1v) is 5.20. The smallest absolute Gasteiger partial charge is 0.128 e. The van der Waals surface area contributed by atoms with Crippen LogP contribution in [0.1, 0.15) is 25.3 Å². The normalized spacial score (nSPS) is 10.9. The number of nitrogens with zero attached hydrogens (tertiary/aromatic N) is 1. The fourth-order valence-corrected chi connectivity index (χ4v) is 1.37. The summed E-state index contributed by atoms with van der Waals surface area (Å²) in [5, 5.41) is 12.1. The van der Waals surface area contributed by atoms with Crippen LogP contribution < -0.4 is 4.74 Å². The van der Waals surface area contributed by atoms with Crippen molar-refractivity contribution in [3.8, 4) is 18.1 Å². The van der Waals surface area contributed by atoms with Gasteiger partial charge in [-0.2, -0.15) is 0 Å². The number of oxime groups is 1. The van der Waals surface area contributed by atoms with Crippen molar-refractivity contribution < 1.29 is 9.94 Å². The van der Waals surface area contributed by atoms with Crippen molar-refractivity contribution in [2.75, 3.05) is 6.61 Å². The highest BCUT2D eigenvalue weighted by Gasteiger charge is 2.08. The Labute approximate surface area is 95.7 Å². The zero-order valence-corrected chi connectivity index (χ0v) is 9.31. The van der Waals surface area contributed by atoms with E-state index >= 15 is 0 Å². The van der Waals surface area contributed by atoms with E-state index in [4.69, 9.17) is 16.4 Å². The molecule has 1 N–H and O–H groups in total. The summed E-state index contributed by atoms with van der Waals surface area (Å²) in [5.41, 5.74) is 1.42. The minimum Gasteiger partial charge on any atom is -0.492 e. The summed E-state index contributed by atoms with van der Waals surface area (Å²) in [6.07, 6.45) is 6.36. The van der Waals surface area contributed by atoms with E-state index in [0.717, 1.165) is 5.56 Å². The Hall–Kier alpha value is -1.95. The molecule has 1 rings (SSSR count). The number of ether oxygens (including phenoxy) is 1. The molecule has 0 heterocycles. The molecule has 3 nitrogen and oxygen atoms in total. The molecule has 16 heavy (non-hydrogen) atoms. The fourth-order valence-electron chi connectivity index (χ4n) is 1.37. The molecule has 1 aromatic carbocycles. The zero-order chi connectivity index (χ0) is 11.8. The van der Waals surface area contributed by atoms with Crippen LogP contribution in [0.15, 0.2) is 29.4 Å². The molecule has 0 saturated carbocycles. The highest BCUT2D eigenvalue weighted by molar-refractivity contribution is 6.02. The van der Waals surface area contributed by atoms with E-state index in [0.29, 0.717) is 30.9 Å². The van der Waals surface area contributed by atoms with Crippen molar-refractivity contribution in [2.24, 2.45) is 5.16 Å². The van der Waals surface area contributed by atoms with Gasteiger partial charge in [-0.1, -0.05) is 24.2 Å². The van der Waals surface area contributed by atoms with Crippen molar-refractivity contribution in [3.05, 3.63) is 29.8 Å². The van der Waals surface area contributed by atoms with Gasteiger partial charge < -0.3 is 9.94 Å². The molecule has 1 aromatic rings.